The normalized spacial score (nSPS) is 36.4. The maximum Gasteiger partial charge on any atom is 0.340 e. The summed E-state index contributed by atoms with van der Waals surface area (Å²) in [5.41, 5.74) is -11.2. The third-order valence-corrected chi connectivity index (χ3v) is 11.9. The van der Waals surface area contributed by atoms with E-state index in [0.717, 1.165) is 41.5 Å². The number of fused-ring (bicyclic) bond motifs is 5. The van der Waals surface area contributed by atoms with Crippen LogP contribution in [0.5, 0.6) is 0 Å². The standard InChI is InChI=1S/C42H47NO18/c1-19-20(2)36(49)58-33-31(55-22(4)45)35(59-37(50)26-14-11-10-12-15-26)41(60-25(7)48)34(57-24(6)47)30(54-21(3)44)28-32(56-23(5)46)42(41,40(33,9)52)61-39(28,8)18-53-38(51)27-16-13-17-43-29(19)27/h10-17,19-20,28,30-35,52H,18H2,1-9H3/t19-,20+,28+,30+,31-,32-,33-,34+,35-,39+,40+,41+,42-/m1/s1. The molecule has 1 spiro atoms. The second-order valence-corrected chi connectivity index (χ2v) is 16.1. The monoisotopic (exact) mass is 853 g/mol. The number of hydrogen-bond donors (Lipinski definition) is 1. The minimum absolute atomic E-state index is 0.0626. The van der Waals surface area contributed by atoms with Gasteiger partial charge in [-0.05, 0) is 38.1 Å². The van der Waals surface area contributed by atoms with Crippen molar-refractivity contribution in [1.29, 1.82) is 0 Å². The summed E-state index contributed by atoms with van der Waals surface area (Å²) in [6.07, 6.45) is -11.5. The summed E-state index contributed by atoms with van der Waals surface area (Å²) < 4.78 is 55.3. The Morgan fingerprint density at radius 2 is 1.30 bits per heavy atom. The van der Waals surface area contributed by atoms with Crippen molar-refractivity contribution in [1.82, 2.24) is 4.98 Å². The molecule has 2 aliphatic carbocycles. The zero-order valence-electron chi connectivity index (χ0n) is 34.9. The zero-order chi connectivity index (χ0) is 45.0. The molecule has 13 atom stereocenters. The number of pyridine rings is 1. The first-order valence-electron chi connectivity index (χ1n) is 19.4. The largest absolute Gasteiger partial charge is 0.459 e. The van der Waals surface area contributed by atoms with Gasteiger partial charge in [0.1, 0.15) is 23.9 Å². The first-order valence-corrected chi connectivity index (χ1v) is 19.4. The topological polar surface area (TPSA) is 253 Å². The van der Waals surface area contributed by atoms with Crippen molar-refractivity contribution in [3.63, 3.8) is 0 Å². The van der Waals surface area contributed by atoms with Gasteiger partial charge in [-0.15, -0.1) is 0 Å². The Hall–Kier alpha value is -5.95. The number of ether oxygens (including phenoxy) is 9. The summed E-state index contributed by atoms with van der Waals surface area (Å²) >= 11 is 0. The minimum Gasteiger partial charge on any atom is -0.459 e. The van der Waals surface area contributed by atoms with Crippen LogP contribution in [0.1, 0.15) is 94.6 Å². The zero-order valence-corrected chi connectivity index (χ0v) is 34.9. The van der Waals surface area contributed by atoms with E-state index in [-0.39, 0.29) is 16.8 Å². The molecule has 2 aliphatic heterocycles. The van der Waals surface area contributed by atoms with Crippen molar-refractivity contribution in [2.24, 2.45) is 11.8 Å². The van der Waals surface area contributed by atoms with Gasteiger partial charge in [0, 0.05) is 46.7 Å². The van der Waals surface area contributed by atoms with E-state index >= 15 is 0 Å². The van der Waals surface area contributed by atoms with E-state index in [2.05, 4.69) is 4.98 Å². The fourth-order valence-electron chi connectivity index (χ4n) is 9.50. The number of benzene rings is 1. The number of nitrogens with zero attached hydrogens (tertiary/aromatic N) is 1. The first-order chi connectivity index (χ1) is 28.5. The summed E-state index contributed by atoms with van der Waals surface area (Å²) in [5.74, 6) is -12.4. The van der Waals surface area contributed by atoms with Crippen LogP contribution in [0.4, 0.5) is 0 Å². The quantitative estimate of drug-likeness (QED) is 0.309. The molecule has 4 aliphatic rings. The highest BCUT2D eigenvalue weighted by Gasteiger charge is 2.93. The van der Waals surface area contributed by atoms with Gasteiger partial charge in [0.2, 0.25) is 5.60 Å². The summed E-state index contributed by atoms with van der Waals surface area (Å²) in [6.45, 7) is 9.37. The van der Waals surface area contributed by atoms with Gasteiger partial charge in [0.15, 0.2) is 36.1 Å². The molecule has 19 heteroatoms. The van der Waals surface area contributed by atoms with E-state index in [1.165, 1.54) is 56.4 Å². The van der Waals surface area contributed by atoms with Crippen LogP contribution in [0.15, 0.2) is 48.7 Å². The molecule has 1 aromatic heterocycles. The van der Waals surface area contributed by atoms with Gasteiger partial charge in [-0.1, -0.05) is 32.0 Å². The van der Waals surface area contributed by atoms with Gasteiger partial charge >= 0.3 is 47.8 Å². The van der Waals surface area contributed by atoms with Crippen molar-refractivity contribution < 1.29 is 86.1 Å². The van der Waals surface area contributed by atoms with Crippen LogP contribution in [0.3, 0.4) is 0 Å². The average molecular weight is 854 g/mol. The van der Waals surface area contributed by atoms with Crippen molar-refractivity contribution in [3.8, 4) is 0 Å². The predicted octanol–water partition coefficient (Wildman–Crippen LogP) is 2.08. The number of esters is 8. The molecule has 1 N–H and O–H groups in total. The van der Waals surface area contributed by atoms with Crippen LogP contribution in [0, 0.1) is 11.8 Å². The Balaban J connectivity index is 1.81. The number of rotatable bonds is 7. The van der Waals surface area contributed by atoms with Gasteiger partial charge < -0.3 is 47.7 Å². The van der Waals surface area contributed by atoms with Gasteiger partial charge in [-0.2, -0.15) is 0 Å². The molecule has 3 fully saturated rings. The molecule has 1 aromatic carbocycles. The molecule has 6 rings (SSSR count). The van der Waals surface area contributed by atoms with Crippen LogP contribution in [0.2, 0.25) is 0 Å². The molecule has 2 saturated carbocycles. The van der Waals surface area contributed by atoms with E-state index in [9.17, 15) is 43.5 Å². The fourth-order valence-corrected chi connectivity index (χ4v) is 9.50. The number of carbonyl (C=O) groups excluding carboxylic acids is 8. The van der Waals surface area contributed by atoms with Crippen LogP contribution >= 0.6 is 0 Å². The van der Waals surface area contributed by atoms with Gasteiger partial charge in [0.05, 0.1) is 28.7 Å². The van der Waals surface area contributed by atoms with Crippen molar-refractivity contribution in [3.05, 3.63) is 65.5 Å². The first kappa shape index (κ1) is 44.6. The third kappa shape index (κ3) is 7.26. The van der Waals surface area contributed by atoms with Crippen LogP contribution in [-0.2, 0) is 71.4 Å². The molecule has 2 aromatic rings. The maximum absolute atomic E-state index is 14.5. The van der Waals surface area contributed by atoms with Crippen molar-refractivity contribution >= 4 is 47.8 Å². The summed E-state index contributed by atoms with van der Waals surface area (Å²) in [6, 6.07) is 10.2. The highest BCUT2D eigenvalue weighted by molar-refractivity contribution is 5.91. The Bertz CT molecular complexity index is 2140. The molecule has 0 amide bonds. The molecule has 0 radical (unpaired) electrons. The maximum atomic E-state index is 14.5. The second-order valence-electron chi connectivity index (χ2n) is 16.1. The highest BCUT2D eigenvalue weighted by atomic mass is 16.7. The molecule has 4 bridgehead atoms. The molecule has 328 valence electrons. The molecule has 3 heterocycles. The predicted molar refractivity (Wildman–Crippen MR) is 201 cm³/mol. The van der Waals surface area contributed by atoms with E-state index in [4.69, 9.17) is 42.6 Å². The van der Waals surface area contributed by atoms with Crippen molar-refractivity contribution in [2.75, 3.05) is 6.61 Å². The Morgan fingerprint density at radius 1 is 0.721 bits per heavy atom. The van der Waals surface area contributed by atoms with E-state index in [0.29, 0.717) is 0 Å². The molecule has 0 unspecified atom stereocenters. The Kier molecular flexibility index (Phi) is 11.8. The number of aromatic nitrogens is 1. The average Bonchev–Trinajstić information content (AvgIpc) is 3.40. The molecular weight excluding hydrogens is 806 g/mol. The number of hydrogen-bond acceptors (Lipinski definition) is 19. The lowest BCUT2D eigenvalue weighted by Gasteiger charge is -2.66. The smallest absolute Gasteiger partial charge is 0.340 e. The van der Waals surface area contributed by atoms with Gasteiger partial charge in [-0.25, -0.2) is 9.59 Å². The summed E-state index contributed by atoms with van der Waals surface area (Å²) in [5, 5.41) is 13.5. The molecule has 61 heavy (non-hydrogen) atoms. The number of carbonyl (C=O) groups is 8. The molecule has 19 nitrogen and oxygen atoms in total. The van der Waals surface area contributed by atoms with Gasteiger partial charge in [-0.3, -0.25) is 33.8 Å². The minimum atomic E-state index is -3.09. The van der Waals surface area contributed by atoms with Gasteiger partial charge in [0.25, 0.3) is 0 Å². The van der Waals surface area contributed by atoms with E-state index in [1.54, 1.807) is 13.0 Å². The number of aliphatic hydroxyl groups is 1. The summed E-state index contributed by atoms with van der Waals surface area (Å²) in [4.78, 5) is 114. The Morgan fingerprint density at radius 3 is 1.89 bits per heavy atom. The van der Waals surface area contributed by atoms with Crippen molar-refractivity contribution in [2.45, 2.75) is 127 Å². The molecule has 1 saturated heterocycles. The SMILES string of the molecule is CC(=O)O[C@H]1[C@@H](OC(=O)c2ccccc2)[C@@]2(OC(C)=O)[C@@H](OC(C)=O)[C@@H](OC(C)=O)[C@H]3[C@@H](OC(C)=O)[C@]24O[C@@]3(C)COC(=O)c2cccnc2[C@H](C)[C@H](C)C(=O)O[C@H]1[C@]4(C)O. The third-order valence-electron chi connectivity index (χ3n) is 11.9. The lowest BCUT2D eigenvalue weighted by atomic mass is 9.49. The highest BCUT2D eigenvalue weighted by Crippen LogP contribution is 2.68. The van der Waals surface area contributed by atoms with E-state index < -0.39 is 131 Å². The number of cyclic esters (lactones) is 1. The van der Waals surface area contributed by atoms with Crippen LogP contribution in [-0.4, -0.2) is 123 Å². The second kappa shape index (κ2) is 16.2. The van der Waals surface area contributed by atoms with Crippen LogP contribution in [0.25, 0.3) is 0 Å². The molecular formula is C42H47NO18. The Labute approximate surface area is 349 Å². The summed E-state index contributed by atoms with van der Waals surface area (Å²) in [7, 11) is 0. The van der Waals surface area contributed by atoms with Crippen LogP contribution < -0.4 is 0 Å². The fraction of sp³-hybridized carbons (Fsp3) is 0.548. The lowest BCUT2D eigenvalue weighted by Crippen LogP contribution is -2.92. The van der Waals surface area contributed by atoms with E-state index in [1.807, 2.05) is 0 Å². The lowest BCUT2D eigenvalue weighted by molar-refractivity contribution is -0.396.